The number of carbonyl (C=O) groups is 1. The first-order valence-electron chi connectivity index (χ1n) is 8.18. The number of morpholine rings is 1. The van der Waals surface area contributed by atoms with Gasteiger partial charge in [0.05, 0.1) is 19.3 Å². The molecule has 0 aromatic rings. The number of amides is 1. The summed E-state index contributed by atoms with van der Waals surface area (Å²) in [5.74, 6) is 0. The van der Waals surface area contributed by atoms with Gasteiger partial charge < -0.3 is 15.2 Å². The summed E-state index contributed by atoms with van der Waals surface area (Å²) in [5.41, 5.74) is 5.81. The minimum Gasteiger partial charge on any atom is -0.444 e. The molecule has 1 rings (SSSR count). The quantitative estimate of drug-likeness (QED) is 0.766. The van der Waals surface area contributed by atoms with Gasteiger partial charge in [-0.25, -0.2) is 4.79 Å². The average Bonchev–Trinajstić information content (AvgIpc) is 2.41. The highest BCUT2D eigenvalue weighted by atomic mass is 16.6. The van der Waals surface area contributed by atoms with Crippen molar-refractivity contribution < 1.29 is 14.3 Å². The largest absolute Gasteiger partial charge is 0.444 e. The Balaban J connectivity index is 2.53. The van der Waals surface area contributed by atoms with Crippen LogP contribution in [-0.2, 0) is 9.47 Å². The highest BCUT2D eigenvalue weighted by molar-refractivity contribution is 5.68. The van der Waals surface area contributed by atoms with Gasteiger partial charge in [0.1, 0.15) is 5.60 Å². The molecule has 21 heavy (non-hydrogen) atoms. The molecule has 1 aliphatic heterocycles. The molecule has 1 heterocycles. The van der Waals surface area contributed by atoms with Crippen LogP contribution in [0, 0.1) is 0 Å². The highest BCUT2D eigenvalue weighted by Crippen LogP contribution is 2.18. The number of ether oxygens (including phenoxy) is 2. The first kappa shape index (κ1) is 18.2. The molecular formula is C16H32N2O3. The summed E-state index contributed by atoms with van der Waals surface area (Å²) in [4.78, 5) is 14.0. The van der Waals surface area contributed by atoms with Crippen LogP contribution in [0.3, 0.4) is 0 Å². The van der Waals surface area contributed by atoms with Gasteiger partial charge in [-0.3, -0.25) is 4.90 Å². The molecule has 0 radical (unpaired) electrons. The van der Waals surface area contributed by atoms with Crippen molar-refractivity contribution in [3.63, 3.8) is 0 Å². The predicted molar refractivity (Wildman–Crippen MR) is 84.3 cm³/mol. The monoisotopic (exact) mass is 300 g/mol. The summed E-state index contributed by atoms with van der Waals surface area (Å²) in [6.45, 7) is 9.45. The van der Waals surface area contributed by atoms with Crippen molar-refractivity contribution in [2.75, 3.05) is 19.8 Å². The van der Waals surface area contributed by atoms with Crippen molar-refractivity contribution >= 4 is 6.09 Å². The van der Waals surface area contributed by atoms with Crippen molar-refractivity contribution in [1.82, 2.24) is 4.90 Å². The van der Waals surface area contributed by atoms with Crippen molar-refractivity contribution in [3.05, 3.63) is 0 Å². The Labute approximate surface area is 129 Å². The van der Waals surface area contributed by atoms with Crippen LogP contribution in [0.25, 0.3) is 0 Å². The molecule has 5 nitrogen and oxygen atoms in total. The maximum atomic E-state index is 12.3. The molecule has 2 unspecified atom stereocenters. The maximum absolute atomic E-state index is 12.3. The zero-order chi connectivity index (χ0) is 15.9. The Kier molecular flexibility index (Phi) is 7.46. The van der Waals surface area contributed by atoms with Crippen LogP contribution >= 0.6 is 0 Å². The van der Waals surface area contributed by atoms with Crippen molar-refractivity contribution in [3.8, 4) is 0 Å². The lowest BCUT2D eigenvalue weighted by atomic mass is 10.00. The Morgan fingerprint density at radius 3 is 2.71 bits per heavy atom. The van der Waals surface area contributed by atoms with E-state index in [1.54, 1.807) is 4.90 Å². The number of unbranched alkanes of at least 4 members (excludes halogenated alkanes) is 3. The van der Waals surface area contributed by atoms with Gasteiger partial charge in [0.25, 0.3) is 0 Å². The fraction of sp³-hybridized carbons (Fsp3) is 0.938. The molecule has 5 heteroatoms. The molecule has 0 aromatic heterocycles. The van der Waals surface area contributed by atoms with Crippen LogP contribution < -0.4 is 5.73 Å². The molecule has 124 valence electrons. The van der Waals surface area contributed by atoms with Crippen LogP contribution in [0.5, 0.6) is 0 Å². The molecule has 1 fully saturated rings. The summed E-state index contributed by atoms with van der Waals surface area (Å²) >= 11 is 0. The molecule has 1 amide bonds. The Hall–Kier alpha value is -0.810. The highest BCUT2D eigenvalue weighted by Gasteiger charge is 2.34. The van der Waals surface area contributed by atoms with Gasteiger partial charge in [-0.2, -0.15) is 0 Å². The van der Waals surface area contributed by atoms with Gasteiger partial charge in [0.15, 0.2) is 0 Å². The minimum atomic E-state index is -0.481. The SMILES string of the molecule is CCCCCCC(N)C1COCCN1C(=O)OC(C)(C)C. The summed E-state index contributed by atoms with van der Waals surface area (Å²) in [7, 11) is 0. The number of nitrogens with zero attached hydrogens (tertiary/aromatic N) is 1. The second-order valence-corrected chi connectivity index (χ2v) is 6.83. The number of carbonyl (C=O) groups excluding carboxylic acids is 1. The molecule has 0 aliphatic carbocycles. The fourth-order valence-corrected chi connectivity index (χ4v) is 2.52. The second kappa shape index (κ2) is 8.59. The van der Waals surface area contributed by atoms with Crippen LogP contribution in [0.15, 0.2) is 0 Å². The Morgan fingerprint density at radius 2 is 2.10 bits per heavy atom. The summed E-state index contributed by atoms with van der Waals surface area (Å²) in [6, 6.07) is -0.120. The van der Waals surface area contributed by atoms with E-state index in [-0.39, 0.29) is 18.2 Å². The van der Waals surface area contributed by atoms with E-state index in [0.717, 1.165) is 12.8 Å². The fourth-order valence-electron chi connectivity index (χ4n) is 2.52. The van der Waals surface area contributed by atoms with Gasteiger partial charge in [0.2, 0.25) is 0 Å². The molecule has 2 atom stereocenters. The molecule has 2 N–H and O–H groups in total. The lowest BCUT2D eigenvalue weighted by Crippen LogP contribution is -2.57. The Bertz CT molecular complexity index is 315. The smallest absolute Gasteiger partial charge is 0.410 e. The zero-order valence-corrected chi connectivity index (χ0v) is 14.1. The van der Waals surface area contributed by atoms with Gasteiger partial charge in [-0.15, -0.1) is 0 Å². The second-order valence-electron chi connectivity index (χ2n) is 6.83. The lowest BCUT2D eigenvalue weighted by molar-refractivity contribution is -0.0386. The minimum absolute atomic E-state index is 0.0466. The van der Waals surface area contributed by atoms with E-state index >= 15 is 0 Å². The average molecular weight is 300 g/mol. The molecule has 1 saturated heterocycles. The molecule has 0 aromatic carbocycles. The van der Waals surface area contributed by atoms with E-state index in [1.165, 1.54) is 19.3 Å². The Morgan fingerprint density at radius 1 is 1.38 bits per heavy atom. The number of rotatable bonds is 6. The number of hydrogen-bond donors (Lipinski definition) is 1. The molecule has 0 saturated carbocycles. The van der Waals surface area contributed by atoms with Crippen molar-refractivity contribution in [1.29, 1.82) is 0 Å². The third-order valence-electron chi connectivity index (χ3n) is 3.68. The van der Waals surface area contributed by atoms with Crippen molar-refractivity contribution in [2.45, 2.75) is 77.5 Å². The molecular weight excluding hydrogens is 268 g/mol. The van der Waals surface area contributed by atoms with E-state index in [0.29, 0.717) is 19.8 Å². The van der Waals surface area contributed by atoms with E-state index in [9.17, 15) is 4.79 Å². The standard InChI is InChI=1S/C16H32N2O3/c1-5-6-7-8-9-13(17)14-12-20-11-10-18(14)15(19)21-16(2,3)4/h13-14H,5-12,17H2,1-4H3. The third kappa shape index (κ3) is 6.66. The molecule has 0 spiro atoms. The molecule has 0 bridgehead atoms. The van der Waals surface area contributed by atoms with E-state index in [2.05, 4.69) is 6.92 Å². The number of nitrogens with two attached hydrogens (primary N) is 1. The predicted octanol–water partition coefficient (Wildman–Crippen LogP) is 2.92. The zero-order valence-electron chi connectivity index (χ0n) is 14.1. The summed E-state index contributed by atoms with van der Waals surface area (Å²) < 4.78 is 11.0. The van der Waals surface area contributed by atoms with Crippen LogP contribution in [0.4, 0.5) is 4.79 Å². The first-order chi connectivity index (χ1) is 9.85. The van der Waals surface area contributed by atoms with Gasteiger partial charge in [0, 0.05) is 12.6 Å². The topological polar surface area (TPSA) is 64.8 Å². The summed E-state index contributed by atoms with van der Waals surface area (Å²) in [5, 5.41) is 0. The maximum Gasteiger partial charge on any atom is 0.410 e. The van der Waals surface area contributed by atoms with E-state index in [4.69, 9.17) is 15.2 Å². The van der Waals surface area contributed by atoms with E-state index < -0.39 is 5.60 Å². The first-order valence-corrected chi connectivity index (χ1v) is 8.18. The van der Waals surface area contributed by atoms with Crippen LogP contribution in [-0.4, -0.2) is 48.4 Å². The van der Waals surface area contributed by atoms with Gasteiger partial charge in [-0.1, -0.05) is 32.6 Å². The van der Waals surface area contributed by atoms with Crippen molar-refractivity contribution in [2.24, 2.45) is 5.73 Å². The number of hydrogen-bond acceptors (Lipinski definition) is 4. The third-order valence-corrected chi connectivity index (χ3v) is 3.68. The normalized spacial score (nSPS) is 21.2. The summed E-state index contributed by atoms with van der Waals surface area (Å²) in [6.07, 6.45) is 5.40. The van der Waals surface area contributed by atoms with Gasteiger partial charge in [-0.05, 0) is 27.2 Å². The van der Waals surface area contributed by atoms with Gasteiger partial charge >= 0.3 is 6.09 Å². The lowest BCUT2D eigenvalue weighted by Gasteiger charge is -2.39. The van der Waals surface area contributed by atoms with E-state index in [1.807, 2.05) is 20.8 Å². The molecule has 1 aliphatic rings. The van der Waals surface area contributed by atoms with Crippen LogP contribution in [0.2, 0.25) is 0 Å². The van der Waals surface area contributed by atoms with Crippen LogP contribution in [0.1, 0.15) is 59.8 Å².